The number of alkyl halides is 2. The summed E-state index contributed by atoms with van der Waals surface area (Å²) in [5, 5.41) is 8.14. The Bertz CT molecular complexity index is 433. The minimum absolute atomic E-state index is 0.316. The van der Waals surface area contributed by atoms with Crippen LogP contribution in [0.4, 0.5) is 8.78 Å². The summed E-state index contributed by atoms with van der Waals surface area (Å²) in [6.07, 6.45) is -4.41. The Morgan fingerprint density at radius 2 is 1.88 bits per heavy atom. The molecule has 0 aliphatic carbocycles. The first-order valence-corrected chi connectivity index (χ1v) is 4.03. The SMILES string of the molecule is NC(=O)c1ccccc1OC(F)(F)C(=O)O. The monoisotopic (exact) mass is 231 g/mol. The van der Waals surface area contributed by atoms with Crippen molar-refractivity contribution in [2.24, 2.45) is 5.73 Å². The van der Waals surface area contributed by atoms with Crippen molar-refractivity contribution in [1.82, 2.24) is 0 Å². The Kier molecular flexibility index (Phi) is 3.07. The zero-order valence-corrected chi connectivity index (χ0v) is 7.81. The highest BCUT2D eigenvalue weighted by molar-refractivity contribution is 5.95. The third kappa shape index (κ3) is 2.44. The average Bonchev–Trinajstić information content (AvgIpc) is 2.17. The molecule has 0 aliphatic rings. The molecule has 0 heterocycles. The lowest BCUT2D eigenvalue weighted by molar-refractivity contribution is -0.210. The number of benzene rings is 1. The van der Waals surface area contributed by atoms with Crippen LogP contribution in [0.15, 0.2) is 24.3 Å². The molecule has 1 amide bonds. The van der Waals surface area contributed by atoms with Crippen LogP contribution in [0, 0.1) is 0 Å². The van der Waals surface area contributed by atoms with Crippen molar-refractivity contribution in [3.8, 4) is 5.75 Å². The Hall–Kier alpha value is -2.18. The molecular formula is C9H7F2NO4. The lowest BCUT2D eigenvalue weighted by atomic mass is 10.2. The fourth-order valence-corrected chi connectivity index (χ4v) is 0.941. The number of hydrogen-bond acceptors (Lipinski definition) is 3. The summed E-state index contributed by atoms with van der Waals surface area (Å²) in [4.78, 5) is 20.9. The van der Waals surface area contributed by atoms with Crippen LogP contribution < -0.4 is 10.5 Å². The van der Waals surface area contributed by atoms with E-state index in [2.05, 4.69) is 4.74 Å². The van der Waals surface area contributed by atoms with E-state index in [1.54, 1.807) is 0 Å². The molecule has 0 aromatic heterocycles. The van der Waals surface area contributed by atoms with Crippen molar-refractivity contribution >= 4 is 11.9 Å². The molecule has 5 nitrogen and oxygen atoms in total. The number of aliphatic carboxylic acids is 1. The zero-order chi connectivity index (χ0) is 12.3. The molecule has 1 aromatic rings. The van der Waals surface area contributed by atoms with Gasteiger partial charge in [0, 0.05) is 0 Å². The van der Waals surface area contributed by atoms with Gasteiger partial charge in [-0.2, -0.15) is 8.78 Å². The smallest absolute Gasteiger partial charge is 0.474 e. The first-order chi connectivity index (χ1) is 7.34. The van der Waals surface area contributed by atoms with E-state index >= 15 is 0 Å². The van der Waals surface area contributed by atoms with Gasteiger partial charge in [-0.15, -0.1) is 0 Å². The number of amides is 1. The summed E-state index contributed by atoms with van der Waals surface area (Å²) in [5.41, 5.74) is 4.58. The van der Waals surface area contributed by atoms with Gasteiger partial charge in [-0.05, 0) is 12.1 Å². The largest absolute Gasteiger partial charge is 0.501 e. The first-order valence-electron chi connectivity index (χ1n) is 4.03. The van der Waals surface area contributed by atoms with Gasteiger partial charge in [0.05, 0.1) is 5.56 Å². The van der Waals surface area contributed by atoms with Crippen molar-refractivity contribution in [2.45, 2.75) is 6.11 Å². The van der Waals surface area contributed by atoms with Gasteiger partial charge in [0.1, 0.15) is 5.75 Å². The number of nitrogens with two attached hydrogens (primary N) is 1. The number of ether oxygens (including phenoxy) is 1. The van der Waals surface area contributed by atoms with E-state index in [0.717, 1.165) is 12.1 Å². The molecule has 3 N–H and O–H groups in total. The molecule has 0 saturated heterocycles. The quantitative estimate of drug-likeness (QED) is 0.803. The molecule has 0 radical (unpaired) electrons. The second-order valence-electron chi connectivity index (χ2n) is 2.78. The standard InChI is InChI=1S/C9H7F2NO4/c10-9(11,8(14)15)16-6-4-2-1-3-5(6)7(12)13/h1-4H,(H2,12,13)(H,14,15). The third-order valence-corrected chi connectivity index (χ3v) is 1.64. The van der Waals surface area contributed by atoms with E-state index in [0.29, 0.717) is 0 Å². The number of halogens is 2. The van der Waals surface area contributed by atoms with E-state index in [4.69, 9.17) is 10.8 Å². The lowest BCUT2D eigenvalue weighted by Gasteiger charge is -2.14. The summed E-state index contributed by atoms with van der Waals surface area (Å²) >= 11 is 0. The highest BCUT2D eigenvalue weighted by atomic mass is 19.3. The minimum Gasteiger partial charge on any atom is -0.474 e. The Labute approximate surface area is 88.4 Å². The van der Waals surface area contributed by atoms with Crippen LogP contribution in [0.1, 0.15) is 10.4 Å². The van der Waals surface area contributed by atoms with E-state index < -0.39 is 23.7 Å². The second-order valence-corrected chi connectivity index (χ2v) is 2.78. The van der Waals surface area contributed by atoms with E-state index in [1.165, 1.54) is 12.1 Å². The molecule has 0 aliphatic heterocycles. The summed E-state index contributed by atoms with van der Waals surface area (Å²) in [6.45, 7) is 0. The van der Waals surface area contributed by atoms with Crippen LogP contribution in [0.2, 0.25) is 0 Å². The highest BCUT2D eigenvalue weighted by Gasteiger charge is 2.43. The summed E-state index contributed by atoms with van der Waals surface area (Å²) in [7, 11) is 0. The topological polar surface area (TPSA) is 89.6 Å². The molecule has 86 valence electrons. The van der Waals surface area contributed by atoms with Crippen molar-refractivity contribution in [1.29, 1.82) is 0 Å². The first kappa shape index (κ1) is 11.9. The van der Waals surface area contributed by atoms with E-state index in [-0.39, 0.29) is 5.56 Å². The van der Waals surface area contributed by atoms with Crippen LogP contribution in [0.25, 0.3) is 0 Å². The Morgan fingerprint density at radius 1 is 1.31 bits per heavy atom. The zero-order valence-electron chi connectivity index (χ0n) is 7.81. The second kappa shape index (κ2) is 4.13. The minimum atomic E-state index is -4.41. The Morgan fingerprint density at radius 3 is 2.38 bits per heavy atom. The highest BCUT2D eigenvalue weighted by Crippen LogP contribution is 2.25. The number of carbonyl (C=O) groups is 2. The molecule has 7 heteroatoms. The number of para-hydroxylation sites is 1. The maximum absolute atomic E-state index is 12.7. The van der Waals surface area contributed by atoms with E-state index in [9.17, 15) is 18.4 Å². The van der Waals surface area contributed by atoms with Gasteiger partial charge in [0.25, 0.3) is 5.91 Å². The predicted molar refractivity (Wildman–Crippen MR) is 48.2 cm³/mol. The Balaban J connectivity index is 3.06. The van der Waals surface area contributed by atoms with E-state index in [1.807, 2.05) is 0 Å². The van der Waals surface area contributed by atoms with Crippen molar-refractivity contribution < 1.29 is 28.2 Å². The maximum atomic E-state index is 12.7. The third-order valence-electron chi connectivity index (χ3n) is 1.64. The molecule has 1 rings (SSSR count). The van der Waals surface area contributed by atoms with Gasteiger partial charge in [-0.1, -0.05) is 12.1 Å². The fourth-order valence-electron chi connectivity index (χ4n) is 0.941. The van der Waals surface area contributed by atoms with Gasteiger partial charge >= 0.3 is 12.1 Å². The molecule has 0 atom stereocenters. The number of carboxylic acids is 1. The van der Waals surface area contributed by atoms with Gasteiger partial charge in [0.15, 0.2) is 0 Å². The summed E-state index contributed by atoms with van der Waals surface area (Å²) < 4.78 is 29.3. The maximum Gasteiger partial charge on any atom is 0.501 e. The number of carboxylic acid groups (broad SMARTS) is 1. The number of carbonyl (C=O) groups excluding carboxylic acids is 1. The van der Waals surface area contributed by atoms with Crippen LogP contribution in [-0.2, 0) is 4.79 Å². The summed E-state index contributed by atoms with van der Waals surface area (Å²) in [6, 6.07) is 4.86. The molecule has 0 fully saturated rings. The number of hydrogen-bond donors (Lipinski definition) is 2. The van der Waals surface area contributed by atoms with Gasteiger partial charge < -0.3 is 15.6 Å². The number of primary amides is 1. The molecule has 0 saturated carbocycles. The van der Waals surface area contributed by atoms with Crippen LogP contribution >= 0.6 is 0 Å². The molecular weight excluding hydrogens is 224 g/mol. The molecule has 0 spiro atoms. The van der Waals surface area contributed by atoms with Crippen LogP contribution in [-0.4, -0.2) is 23.1 Å². The van der Waals surface area contributed by atoms with Crippen molar-refractivity contribution in [3.05, 3.63) is 29.8 Å². The van der Waals surface area contributed by atoms with Gasteiger partial charge in [0.2, 0.25) is 0 Å². The van der Waals surface area contributed by atoms with Crippen molar-refractivity contribution in [3.63, 3.8) is 0 Å². The normalized spacial score (nSPS) is 10.9. The lowest BCUT2D eigenvalue weighted by Crippen LogP contribution is -2.35. The number of rotatable bonds is 4. The molecule has 16 heavy (non-hydrogen) atoms. The van der Waals surface area contributed by atoms with Crippen LogP contribution in [0.3, 0.4) is 0 Å². The summed E-state index contributed by atoms with van der Waals surface area (Å²) in [5.74, 6) is -4.02. The fraction of sp³-hybridized carbons (Fsp3) is 0.111. The molecule has 0 unspecified atom stereocenters. The van der Waals surface area contributed by atoms with Crippen molar-refractivity contribution in [2.75, 3.05) is 0 Å². The van der Waals surface area contributed by atoms with Gasteiger partial charge in [-0.3, -0.25) is 4.79 Å². The van der Waals surface area contributed by atoms with Crippen LogP contribution in [0.5, 0.6) is 5.75 Å². The molecule has 0 bridgehead atoms. The molecule has 1 aromatic carbocycles. The van der Waals surface area contributed by atoms with Gasteiger partial charge in [-0.25, -0.2) is 4.79 Å². The predicted octanol–water partition coefficient (Wildman–Crippen LogP) is 0.842. The average molecular weight is 231 g/mol.